The Hall–Kier alpha value is -4.78. The molecule has 0 saturated carbocycles. The van der Waals surface area contributed by atoms with Crippen LogP contribution in [0.4, 0.5) is 24.7 Å². The molecule has 1 aliphatic rings. The van der Waals surface area contributed by atoms with Gasteiger partial charge in [0.1, 0.15) is 5.82 Å². The molecule has 1 aromatic carbocycles. The first-order chi connectivity index (χ1) is 17.7. The van der Waals surface area contributed by atoms with E-state index in [2.05, 4.69) is 30.8 Å². The lowest BCUT2D eigenvalue weighted by Gasteiger charge is -2.14. The number of nitrogens with one attached hydrogen (secondary N) is 2. The van der Waals surface area contributed by atoms with Gasteiger partial charge in [-0.05, 0) is 18.2 Å². The first kappa shape index (κ1) is 22.7. The Morgan fingerprint density at radius 3 is 2.65 bits per heavy atom. The minimum absolute atomic E-state index is 0.0447. The van der Waals surface area contributed by atoms with Crippen LogP contribution < -0.4 is 10.6 Å². The minimum atomic E-state index is -4.96. The number of alkyl halides is 3. The van der Waals surface area contributed by atoms with Gasteiger partial charge in [-0.3, -0.25) is 9.59 Å². The van der Waals surface area contributed by atoms with Crippen molar-refractivity contribution < 1.29 is 22.8 Å². The fraction of sp³-hybridized carbons (Fsp3) is 0.0435. The summed E-state index contributed by atoms with van der Waals surface area (Å²) in [5, 5.41) is 13.6. The van der Waals surface area contributed by atoms with E-state index in [-0.39, 0.29) is 33.6 Å². The van der Waals surface area contributed by atoms with Gasteiger partial charge in [0.2, 0.25) is 0 Å². The second-order valence-corrected chi connectivity index (χ2v) is 8.33. The molecule has 4 aromatic heterocycles. The molecule has 0 saturated heterocycles. The average molecular weight is 525 g/mol. The summed E-state index contributed by atoms with van der Waals surface area (Å²) in [5.74, 6) is -0.964. The molecule has 2 amide bonds. The topological polar surface area (TPSA) is 120 Å². The van der Waals surface area contributed by atoms with Gasteiger partial charge in [0.25, 0.3) is 11.8 Å². The van der Waals surface area contributed by atoms with Crippen molar-refractivity contribution in [2.45, 2.75) is 6.18 Å². The zero-order chi connectivity index (χ0) is 25.9. The summed E-state index contributed by atoms with van der Waals surface area (Å²) >= 11 is 6.23. The maximum absolute atomic E-state index is 14.3. The standard InChI is InChI=1S/C23H12ClF3N8O2/c24-15-7-11(8-29-20(15)34-6-2-5-30-34)32-22(37)14-9-31-35(18(14)23(25,26)27)16-10-28-19-17-12(16)3-1-4-13(17)21(36)33-19/h1-10H,(H,32,37)(H,28,33,36). The Morgan fingerprint density at radius 1 is 1.08 bits per heavy atom. The highest BCUT2D eigenvalue weighted by Gasteiger charge is 2.41. The van der Waals surface area contributed by atoms with E-state index in [0.29, 0.717) is 15.5 Å². The predicted octanol–water partition coefficient (Wildman–Crippen LogP) is 4.49. The van der Waals surface area contributed by atoms with Crippen molar-refractivity contribution in [1.82, 2.24) is 29.5 Å². The third-order valence-corrected chi connectivity index (χ3v) is 5.96. The summed E-state index contributed by atoms with van der Waals surface area (Å²) in [6.07, 6.45) is 1.40. The van der Waals surface area contributed by atoms with Crippen molar-refractivity contribution in [2.75, 3.05) is 10.6 Å². The quantitative estimate of drug-likeness (QED) is 0.357. The van der Waals surface area contributed by atoms with Crippen molar-refractivity contribution in [3.05, 3.63) is 83.2 Å². The molecule has 2 N–H and O–H groups in total. The van der Waals surface area contributed by atoms with Gasteiger partial charge in [0.15, 0.2) is 11.5 Å². The van der Waals surface area contributed by atoms with Gasteiger partial charge in [-0.2, -0.15) is 23.4 Å². The van der Waals surface area contributed by atoms with Crippen LogP contribution in [-0.2, 0) is 6.18 Å². The molecule has 1 aliphatic heterocycles. The lowest BCUT2D eigenvalue weighted by Crippen LogP contribution is -2.21. The van der Waals surface area contributed by atoms with Crippen LogP contribution in [0.15, 0.2) is 61.3 Å². The number of pyridine rings is 2. The number of anilines is 2. The van der Waals surface area contributed by atoms with E-state index in [9.17, 15) is 22.8 Å². The van der Waals surface area contributed by atoms with Crippen molar-refractivity contribution in [3.63, 3.8) is 0 Å². The van der Waals surface area contributed by atoms with Gasteiger partial charge in [-0.1, -0.05) is 23.7 Å². The van der Waals surface area contributed by atoms with E-state index in [0.717, 1.165) is 12.4 Å². The van der Waals surface area contributed by atoms with E-state index >= 15 is 0 Å². The van der Waals surface area contributed by atoms with E-state index in [4.69, 9.17) is 11.6 Å². The van der Waals surface area contributed by atoms with Crippen molar-refractivity contribution in [3.8, 4) is 11.5 Å². The summed E-state index contributed by atoms with van der Waals surface area (Å²) in [5.41, 5.74) is -1.72. The summed E-state index contributed by atoms with van der Waals surface area (Å²) < 4.78 is 44.8. The lowest BCUT2D eigenvalue weighted by molar-refractivity contribution is -0.143. The van der Waals surface area contributed by atoms with E-state index in [1.807, 2.05) is 0 Å². The smallest absolute Gasteiger partial charge is 0.320 e. The van der Waals surface area contributed by atoms with Crippen LogP contribution in [0.2, 0.25) is 5.02 Å². The third-order valence-electron chi connectivity index (χ3n) is 5.68. The number of hydrogen-bond acceptors (Lipinski definition) is 6. The number of carbonyl (C=O) groups is 2. The summed E-state index contributed by atoms with van der Waals surface area (Å²) in [4.78, 5) is 33.3. The Bertz CT molecular complexity index is 1730. The number of hydrogen-bond donors (Lipinski definition) is 2. The highest BCUT2D eigenvalue weighted by molar-refractivity contribution is 6.32. The molecule has 0 bridgehead atoms. The van der Waals surface area contributed by atoms with Crippen LogP contribution in [0.3, 0.4) is 0 Å². The molecule has 6 rings (SSSR count). The van der Waals surface area contributed by atoms with Crippen LogP contribution in [0.25, 0.3) is 22.3 Å². The van der Waals surface area contributed by atoms with Crippen LogP contribution >= 0.6 is 11.6 Å². The van der Waals surface area contributed by atoms with Crippen LogP contribution in [0.5, 0.6) is 0 Å². The van der Waals surface area contributed by atoms with E-state index in [1.165, 1.54) is 23.1 Å². The van der Waals surface area contributed by atoms with Gasteiger partial charge in [-0.15, -0.1) is 0 Å². The molecule has 184 valence electrons. The third kappa shape index (κ3) is 3.67. The van der Waals surface area contributed by atoms with Crippen LogP contribution in [0, 0.1) is 0 Å². The molecule has 0 spiro atoms. The first-order valence-electron chi connectivity index (χ1n) is 10.6. The zero-order valence-corrected chi connectivity index (χ0v) is 19.0. The van der Waals surface area contributed by atoms with Crippen molar-refractivity contribution in [1.29, 1.82) is 0 Å². The minimum Gasteiger partial charge on any atom is -0.320 e. The maximum atomic E-state index is 14.3. The maximum Gasteiger partial charge on any atom is 0.434 e. The average Bonchev–Trinajstić information content (AvgIpc) is 3.60. The molecule has 5 heterocycles. The van der Waals surface area contributed by atoms with Crippen LogP contribution in [-0.4, -0.2) is 41.3 Å². The fourth-order valence-electron chi connectivity index (χ4n) is 4.14. The number of rotatable bonds is 4. The van der Waals surface area contributed by atoms with E-state index in [1.54, 1.807) is 30.5 Å². The molecule has 0 fully saturated rings. The number of carbonyl (C=O) groups excluding carboxylic acids is 2. The predicted molar refractivity (Wildman–Crippen MR) is 126 cm³/mol. The molecule has 0 aliphatic carbocycles. The first-order valence-corrected chi connectivity index (χ1v) is 11.0. The van der Waals surface area contributed by atoms with Gasteiger partial charge in [0, 0.05) is 23.2 Å². The molecule has 0 radical (unpaired) electrons. The van der Waals surface area contributed by atoms with Gasteiger partial charge in [0.05, 0.1) is 46.1 Å². The highest BCUT2D eigenvalue weighted by atomic mass is 35.5. The summed E-state index contributed by atoms with van der Waals surface area (Å²) in [6, 6.07) is 7.65. The Balaban J connectivity index is 1.41. The Labute approximate surface area is 209 Å². The van der Waals surface area contributed by atoms with Crippen LogP contribution in [0.1, 0.15) is 26.4 Å². The van der Waals surface area contributed by atoms with Gasteiger partial charge < -0.3 is 10.6 Å². The molecular formula is C23H12ClF3N8O2. The summed E-state index contributed by atoms with van der Waals surface area (Å²) in [7, 11) is 0. The number of aromatic nitrogens is 6. The SMILES string of the molecule is O=C(Nc1cnc(-n2cccn2)c(Cl)c1)c1cnn(-c2cnc3c4c(cccc24)C(=O)N3)c1C(F)(F)F. The second-order valence-electron chi connectivity index (χ2n) is 7.92. The lowest BCUT2D eigenvalue weighted by atomic mass is 10.1. The highest BCUT2D eigenvalue weighted by Crippen LogP contribution is 2.38. The number of benzene rings is 1. The zero-order valence-electron chi connectivity index (χ0n) is 18.3. The normalized spacial score (nSPS) is 12.7. The molecule has 10 nitrogen and oxygen atoms in total. The molecular weight excluding hydrogens is 513 g/mol. The largest absolute Gasteiger partial charge is 0.434 e. The molecule has 37 heavy (non-hydrogen) atoms. The number of amides is 2. The number of nitrogens with zero attached hydrogens (tertiary/aromatic N) is 6. The van der Waals surface area contributed by atoms with E-state index < -0.39 is 29.2 Å². The van der Waals surface area contributed by atoms with Gasteiger partial charge in [-0.25, -0.2) is 19.3 Å². The monoisotopic (exact) mass is 524 g/mol. The molecule has 0 atom stereocenters. The van der Waals surface area contributed by atoms with Gasteiger partial charge >= 0.3 is 6.18 Å². The Morgan fingerprint density at radius 2 is 1.92 bits per heavy atom. The fourth-order valence-corrected chi connectivity index (χ4v) is 4.39. The Kier molecular flexibility index (Phi) is 4.98. The van der Waals surface area contributed by atoms with Crippen molar-refractivity contribution in [2.24, 2.45) is 0 Å². The number of halogens is 4. The molecule has 0 unspecified atom stereocenters. The summed E-state index contributed by atoms with van der Waals surface area (Å²) in [6.45, 7) is 0. The molecule has 5 aromatic rings. The van der Waals surface area contributed by atoms with Crippen molar-refractivity contribution >= 4 is 45.7 Å². The second kappa shape index (κ2) is 8.13. The molecule has 14 heteroatoms.